The monoisotopic (exact) mass is 209 g/mol. The fraction of sp³-hybridized carbons (Fsp3) is 0.818. The lowest BCUT2D eigenvalue weighted by Crippen LogP contribution is -2.40. The van der Waals surface area contributed by atoms with E-state index in [0.717, 1.165) is 25.9 Å². The summed E-state index contributed by atoms with van der Waals surface area (Å²) in [4.78, 5) is 15.6. The third-order valence-corrected chi connectivity index (χ3v) is 2.98. The van der Waals surface area contributed by atoms with Gasteiger partial charge in [0.05, 0.1) is 19.0 Å². The molecule has 0 bridgehead atoms. The van der Waals surface area contributed by atoms with Crippen LogP contribution in [0.2, 0.25) is 0 Å². The van der Waals surface area contributed by atoms with Crippen LogP contribution in [0.3, 0.4) is 0 Å². The molecule has 4 nitrogen and oxygen atoms in total. The Bertz CT molecular complexity index is 253. The number of amides is 1. The largest absolute Gasteiger partial charge is 0.342 e. The van der Waals surface area contributed by atoms with Gasteiger partial charge in [0.25, 0.3) is 0 Å². The Hall–Kier alpha value is -1.08. The zero-order valence-corrected chi connectivity index (χ0v) is 9.57. The lowest BCUT2D eigenvalue weighted by molar-refractivity contribution is -0.131. The van der Waals surface area contributed by atoms with Gasteiger partial charge in [0.15, 0.2) is 0 Å². The van der Waals surface area contributed by atoms with Crippen molar-refractivity contribution in [2.24, 2.45) is 0 Å². The normalized spacial score (nSPS) is 17.9. The van der Waals surface area contributed by atoms with Crippen molar-refractivity contribution in [3.63, 3.8) is 0 Å². The van der Waals surface area contributed by atoms with Crippen molar-refractivity contribution in [3.8, 4) is 6.07 Å². The maximum absolute atomic E-state index is 11.8. The number of nitrogens with zero attached hydrogens (tertiary/aromatic N) is 3. The molecule has 1 aliphatic rings. The van der Waals surface area contributed by atoms with E-state index in [4.69, 9.17) is 5.26 Å². The number of carbonyl (C=O) groups is 1. The number of hydrogen-bond acceptors (Lipinski definition) is 3. The third kappa shape index (κ3) is 3.52. The lowest BCUT2D eigenvalue weighted by Gasteiger charge is -2.24. The molecule has 1 atom stereocenters. The Morgan fingerprint density at radius 3 is 2.67 bits per heavy atom. The van der Waals surface area contributed by atoms with Crippen LogP contribution in [0.15, 0.2) is 0 Å². The molecule has 0 spiro atoms. The van der Waals surface area contributed by atoms with Crippen molar-refractivity contribution in [2.75, 3.05) is 26.7 Å². The van der Waals surface area contributed by atoms with Crippen LogP contribution in [0.1, 0.15) is 26.2 Å². The summed E-state index contributed by atoms with van der Waals surface area (Å²) in [5.74, 6) is 0.194. The second kappa shape index (κ2) is 5.72. The van der Waals surface area contributed by atoms with Crippen LogP contribution in [-0.4, -0.2) is 48.4 Å². The first kappa shape index (κ1) is 12.0. The van der Waals surface area contributed by atoms with Crippen LogP contribution < -0.4 is 0 Å². The van der Waals surface area contributed by atoms with Crippen LogP contribution in [-0.2, 0) is 4.79 Å². The Morgan fingerprint density at radius 2 is 2.13 bits per heavy atom. The summed E-state index contributed by atoms with van der Waals surface area (Å²) >= 11 is 0. The molecule has 1 heterocycles. The summed E-state index contributed by atoms with van der Waals surface area (Å²) in [5, 5.41) is 8.56. The van der Waals surface area contributed by atoms with E-state index in [1.807, 2.05) is 23.8 Å². The molecular weight excluding hydrogens is 190 g/mol. The quantitative estimate of drug-likeness (QED) is 0.689. The Balaban J connectivity index is 2.33. The standard InChI is InChI=1S/C11H19N3O/c1-10(5-6-12)13(2)9-11(15)14-7-3-4-8-14/h10H,3-5,7-9H2,1-2H3. The fourth-order valence-electron chi connectivity index (χ4n) is 1.72. The molecule has 1 saturated heterocycles. The molecule has 1 rings (SSSR count). The van der Waals surface area contributed by atoms with Gasteiger partial charge >= 0.3 is 0 Å². The first-order valence-electron chi connectivity index (χ1n) is 5.50. The molecule has 1 amide bonds. The van der Waals surface area contributed by atoms with E-state index < -0.39 is 0 Å². The minimum absolute atomic E-state index is 0.154. The molecule has 0 radical (unpaired) electrons. The van der Waals surface area contributed by atoms with Crippen molar-refractivity contribution >= 4 is 5.91 Å². The number of nitriles is 1. The highest BCUT2D eigenvalue weighted by atomic mass is 16.2. The second-order valence-corrected chi connectivity index (χ2v) is 4.21. The second-order valence-electron chi connectivity index (χ2n) is 4.21. The summed E-state index contributed by atoms with van der Waals surface area (Å²) < 4.78 is 0. The number of likely N-dealkylation sites (N-methyl/N-ethyl adjacent to an activating group) is 1. The molecule has 84 valence electrons. The van der Waals surface area contributed by atoms with E-state index in [1.165, 1.54) is 0 Å². The minimum atomic E-state index is 0.154. The van der Waals surface area contributed by atoms with Gasteiger partial charge in [0.2, 0.25) is 5.91 Å². The summed E-state index contributed by atoms with van der Waals surface area (Å²) in [6, 6.07) is 2.28. The summed E-state index contributed by atoms with van der Waals surface area (Å²) in [6.07, 6.45) is 2.73. The van der Waals surface area contributed by atoms with Gasteiger partial charge in [-0.05, 0) is 26.8 Å². The smallest absolute Gasteiger partial charge is 0.236 e. The van der Waals surface area contributed by atoms with Gasteiger partial charge in [-0.3, -0.25) is 9.69 Å². The van der Waals surface area contributed by atoms with Crippen molar-refractivity contribution in [2.45, 2.75) is 32.2 Å². The van der Waals surface area contributed by atoms with Crippen LogP contribution >= 0.6 is 0 Å². The van der Waals surface area contributed by atoms with Crippen LogP contribution in [0.4, 0.5) is 0 Å². The molecule has 1 fully saturated rings. The van der Waals surface area contributed by atoms with Gasteiger partial charge < -0.3 is 4.90 Å². The van der Waals surface area contributed by atoms with Crippen molar-refractivity contribution in [3.05, 3.63) is 0 Å². The average molecular weight is 209 g/mol. The van der Waals surface area contributed by atoms with Crippen LogP contribution in [0.5, 0.6) is 0 Å². The SMILES string of the molecule is CC(CC#N)N(C)CC(=O)N1CCCC1. The highest BCUT2D eigenvalue weighted by Gasteiger charge is 2.20. The number of rotatable bonds is 4. The van der Waals surface area contributed by atoms with Gasteiger partial charge in [0, 0.05) is 19.1 Å². The van der Waals surface area contributed by atoms with Gasteiger partial charge in [-0.1, -0.05) is 0 Å². The number of hydrogen-bond donors (Lipinski definition) is 0. The first-order chi connectivity index (χ1) is 7.15. The van der Waals surface area contributed by atoms with E-state index in [9.17, 15) is 4.79 Å². The molecule has 0 saturated carbocycles. The summed E-state index contributed by atoms with van der Waals surface area (Å²) in [7, 11) is 1.90. The third-order valence-electron chi connectivity index (χ3n) is 2.98. The Kier molecular flexibility index (Phi) is 4.57. The maximum atomic E-state index is 11.8. The zero-order chi connectivity index (χ0) is 11.3. The summed E-state index contributed by atoms with van der Waals surface area (Å²) in [6.45, 7) is 4.21. The van der Waals surface area contributed by atoms with Crippen LogP contribution in [0.25, 0.3) is 0 Å². The molecule has 0 aliphatic carbocycles. The molecular formula is C11H19N3O. The van der Waals surface area contributed by atoms with Crippen LogP contribution in [0, 0.1) is 11.3 Å². The molecule has 0 aromatic rings. The highest BCUT2D eigenvalue weighted by Crippen LogP contribution is 2.09. The molecule has 1 aliphatic heterocycles. The van der Waals surface area contributed by atoms with Gasteiger partial charge in [-0.2, -0.15) is 5.26 Å². The first-order valence-corrected chi connectivity index (χ1v) is 5.50. The zero-order valence-electron chi connectivity index (χ0n) is 9.57. The van der Waals surface area contributed by atoms with Crippen molar-refractivity contribution in [1.82, 2.24) is 9.80 Å². The topological polar surface area (TPSA) is 47.3 Å². The lowest BCUT2D eigenvalue weighted by atomic mass is 10.2. The van der Waals surface area contributed by atoms with Crippen molar-refractivity contribution in [1.29, 1.82) is 5.26 Å². The van der Waals surface area contributed by atoms with Gasteiger partial charge in [-0.15, -0.1) is 0 Å². The van der Waals surface area contributed by atoms with E-state index in [1.54, 1.807) is 0 Å². The average Bonchev–Trinajstić information content (AvgIpc) is 2.70. The molecule has 0 aromatic heterocycles. The maximum Gasteiger partial charge on any atom is 0.236 e. The van der Waals surface area contributed by atoms with E-state index in [2.05, 4.69) is 6.07 Å². The predicted octanol–water partition coefficient (Wildman–Crippen LogP) is 0.843. The molecule has 0 N–H and O–H groups in total. The molecule has 0 aromatic carbocycles. The van der Waals surface area contributed by atoms with E-state index >= 15 is 0 Å². The molecule has 15 heavy (non-hydrogen) atoms. The Labute approximate surface area is 91.5 Å². The van der Waals surface area contributed by atoms with E-state index in [0.29, 0.717) is 13.0 Å². The van der Waals surface area contributed by atoms with Crippen molar-refractivity contribution < 1.29 is 4.79 Å². The minimum Gasteiger partial charge on any atom is -0.342 e. The molecule has 1 unspecified atom stereocenters. The Morgan fingerprint density at radius 1 is 1.53 bits per heavy atom. The highest BCUT2D eigenvalue weighted by molar-refractivity contribution is 5.78. The van der Waals surface area contributed by atoms with Gasteiger partial charge in [0.1, 0.15) is 0 Å². The van der Waals surface area contributed by atoms with Gasteiger partial charge in [-0.25, -0.2) is 0 Å². The van der Waals surface area contributed by atoms with E-state index in [-0.39, 0.29) is 11.9 Å². The molecule has 4 heteroatoms. The number of carbonyl (C=O) groups excluding carboxylic acids is 1. The number of likely N-dealkylation sites (tertiary alicyclic amines) is 1. The fourth-order valence-corrected chi connectivity index (χ4v) is 1.72. The summed E-state index contributed by atoms with van der Waals surface area (Å²) in [5.41, 5.74) is 0. The predicted molar refractivity (Wildman–Crippen MR) is 58.1 cm³/mol.